The molecule has 0 spiro atoms. The van der Waals surface area contributed by atoms with Crippen molar-refractivity contribution in [3.63, 3.8) is 0 Å². The molecule has 216 valence electrons. The van der Waals surface area contributed by atoms with Crippen molar-refractivity contribution in [1.29, 1.82) is 5.41 Å². The maximum Gasteiger partial charge on any atom is 0.258 e. The number of nitrogens with one attached hydrogen (secondary N) is 3. The van der Waals surface area contributed by atoms with E-state index in [1.54, 1.807) is 43.3 Å². The third-order valence-electron chi connectivity index (χ3n) is 7.53. The van der Waals surface area contributed by atoms with E-state index in [4.69, 9.17) is 23.4 Å². The molecule has 7 nitrogen and oxygen atoms in total. The smallest absolute Gasteiger partial charge is 0.258 e. The van der Waals surface area contributed by atoms with Gasteiger partial charge in [0.1, 0.15) is 5.82 Å². The molecule has 0 aliphatic carbocycles. The molecule has 0 radical (unpaired) electrons. The molecule has 3 aromatic carbocycles. The molecule has 1 aliphatic rings. The third kappa shape index (κ3) is 7.18. The van der Waals surface area contributed by atoms with Gasteiger partial charge >= 0.3 is 0 Å². The molecule has 43 heavy (non-hydrogen) atoms. The summed E-state index contributed by atoms with van der Waals surface area (Å²) in [6.07, 6.45) is 8.71. The Morgan fingerprint density at radius 2 is 1.65 bits per heavy atom. The molecule has 8 heteroatoms. The van der Waals surface area contributed by atoms with Gasteiger partial charge in [0.2, 0.25) is 0 Å². The SMILES string of the molecule is C#Cc1ccc(CN2CCC(Nc3ncc(C(=O)Nc4ccc(C(=O)c5ccccc5)cc4)c(Cl)c3C(C)=N)CC2)cc1. The summed E-state index contributed by atoms with van der Waals surface area (Å²) < 4.78 is 0. The number of carbonyl (C=O) groups excluding carboxylic acids is 2. The molecule has 0 bridgehead atoms. The van der Waals surface area contributed by atoms with Gasteiger partial charge in [-0.1, -0.05) is 60.0 Å². The zero-order valence-corrected chi connectivity index (χ0v) is 24.6. The molecule has 0 atom stereocenters. The lowest BCUT2D eigenvalue weighted by Gasteiger charge is -2.33. The normalized spacial score (nSPS) is 13.6. The predicted octanol–water partition coefficient (Wildman–Crippen LogP) is 6.66. The number of halogens is 1. The summed E-state index contributed by atoms with van der Waals surface area (Å²) in [5.74, 6) is 2.61. The van der Waals surface area contributed by atoms with Crippen molar-refractivity contribution in [2.75, 3.05) is 23.7 Å². The molecule has 1 saturated heterocycles. The molecular weight excluding hydrogens is 558 g/mol. The van der Waals surface area contributed by atoms with Crippen molar-refractivity contribution in [2.24, 2.45) is 0 Å². The number of terminal acetylenes is 1. The number of benzene rings is 3. The van der Waals surface area contributed by atoms with E-state index < -0.39 is 5.91 Å². The Bertz CT molecular complexity index is 1670. The van der Waals surface area contributed by atoms with Gasteiger partial charge in [-0.15, -0.1) is 6.42 Å². The highest BCUT2D eigenvalue weighted by Gasteiger charge is 2.24. The number of nitrogens with zero attached hydrogens (tertiary/aromatic N) is 2. The maximum atomic E-state index is 13.2. The van der Waals surface area contributed by atoms with Crippen molar-refractivity contribution >= 4 is 40.5 Å². The van der Waals surface area contributed by atoms with E-state index in [1.807, 2.05) is 30.3 Å². The standard InChI is InChI=1S/C35H32ClN5O2/c1-3-24-9-11-25(12-10-24)22-41-19-17-29(18-20-41)39-34-31(23(2)37)32(36)30(21-38-34)35(43)40-28-15-13-27(14-16-28)33(42)26-7-5-4-6-8-26/h1,4-16,21,29,37H,17-20,22H2,2H3,(H,38,39)(H,40,43). The van der Waals surface area contributed by atoms with E-state index in [2.05, 4.69) is 38.6 Å². The zero-order valence-electron chi connectivity index (χ0n) is 23.9. The number of likely N-dealkylation sites (tertiary alicyclic amines) is 1. The van der Waals surface area contributed by atoms with Crippen molar-refractivity contribution in [2.45, 2.75) is 32.4 Å². The van der Waals surface area contributed by atoms with Crippen LogP contribution in [0.3, 0.4) is 0 Å². The monoisotopic (exact) mass is 589 g/mol. The lowest BCUT2D eigenvalue weighted by atomic mass is 10.0. The highest BCUT2D eigenvalue weighted by molar-refractivity contribution is 6.38. The average Bonchev–Trinajstić information content (AvgIpc) is 3.02. The predicted molar refractivity (Wildman–Crippen MR) is 172 cm³/mol. The van der Waals surface area contributed by atoms with E-state index in [0.29, 0.717) is 28.2 Å². The van der Waals surface area contributed by atoms with E-state index in [0.717, 1.165) is 38.0 Å². The Labute approximate surface area is 256 Å². The van der Waals surface area contributed by atoms with Gasteiger partial charge in [-0.2, -0.15) is 0 Å². The number of piperidine rings is 1. The summed E-state index contributed by atoms with van der Waals surface area (Å²) in [5.41, 5.74) is 4.53. The molecule has 1 fully saturated rings. The number of aromatic nitrogens is 1. The van der Waals surface area contributed by atoms with Crippen LogP contribution in [-0.4, -0.2) is 46.4 Å². The first-order valence-corrected chi connectivity index (χ1v) is 14.5. The van der Waals surface area contributed by atoms with Crippen LogP contribution in [0.5, 0.6) is 0 Å². The molecule has 1 aliphatic heterocycles. The van der Waals surface area contributed by atoms with Crippen LogP contribution in [0.25, 0.3) is 0 Å². The van der Waals surface area contributed by atoms with Gasteiger partial charge < -0.3 is 16.0 Å². The third-order valence-corrected chi connectivity index (χ3v) is 7.92. The Morgan fingerprint density at radius 1 is 1.00 bits per heavy atom. The van der Waals surface area contributed by atoms with Crippen LogP contribution in [0, 0.1) is 17.8 Å². The average molecular weight is 590 g/mol. The van der Waals surface area contributed by atoms with Gasteiger partial charge in [-0.3, -0.25) is 14.5 Å². The molecule has 1 amide bonds. The molecule has 2 heterocycles. The Balaban J connectivity index is 1.22. The van der Waals surface area contributed by atoms with Gasteiger partial charge in [-0.05, 0) is 61.7 Å². The van der Waals surface area contributed by atoms with Crippen LogP contribution in [0.2, 0.25) is 5.02 Å². The van der Waals surface area contributed by atoms with Crippen molar-refractivity contribution in [1.82, 2.24) is 9.88 Å². The summed E-state index contributed by atoms with van der Waals surface area (Å²) in [6, 6.07) is 24.0. The fraction of sp³-hybridized carbons (Fsp3) is 0.200. The first-order chi connectivity index (χ1) is 20.8. The van der Waals surface area contributed by atoms with E-state index in [-0.39, 0.29) is 28.1 Å². The molecule has 1 aromatic heterocycles. The Morgan fingerprint density at radius 3 is 2.28 bits per heavy atom. The second-order valence-corrected chi connectivity index (χ2v) is 11.0. The fourth-order valence-corrected chi connectivity index (χ4v) is 5.52. The number of rotatable bonds is 9. The minimum Gasteiger partial charge on any atom is -0.367 e. The van der Waals surface area contributed by atoms with Gasteiger partial charge in [0.25, 0.3) is 5.91 Å². The summed E-state index contributed by atoms with van der Waals surface area (Å²) in [7, 11) is 0. The van der Waals surface area contributed by atoms with Crippen molar-refractivity contribution < 1.29 is 9.59 Å². The number of amides is 1. The molecule has 0 saturated carbocycles. The van der Waals surface area contributed by atoms with Crippen molar-refractivity contribution in [3.05, 3.63) is 123 Å². The second-order valence-electron chi connectivity index (χ2n) is 10.6. The number of carbonyl (C=O) groups is 2. The quantitative estimate of drug-likeness (QED) is 0.115. The maximum absolute atomic E-state index is 13.2. The van der Waals surface area contributed by atoms with Gasteiger partial charge in [-0.25, -0.2) is 4.98 Å². The lowest BCUT2D eigenvalue weighted by molar-refractivity contribution is 0.102. The van der Waals surface area contributed by atoms with Crippen molar-refractivity contribution in [3.8, 4) is 12.3 Å². The largest absolute Gasteiger partial charge is 0.367 e. The molecule has 5 rings (SSSR count). The van der Waals surface area contributed by atoms with Gasteiger partial charge in [0.05, 0.1) is 16.1 Å². The molecular formula is C35H32ClN5O2. The molecule has 3 N–H and O–H groups in total. The summed E-state index contributed by atoms with van der Waals surface area (Å²) in [4.78, 5) is 32.8. The lowest BCUT2D eigenvalue weighted by Crippen LogP contribution is -2.39. The Kier molecular flexibility index (Phi) is 9.31. The number of anilines is 2. The van der Waals surface area contributed by atoms with E-state index in [1.165, 1.54) is 11.8 Å². The first kappa shape index (κ1) is 29.7. The number of hydrogen-bond acceptors (Lipinski definition) is 6. The molecule has 0 unspecified atom stereocenters. The fourth-order valence-electron chi connectivity index (χ4n) is 5.15. The van der Waals surface area contributed by atoms with E-state index >= 15 is 0 Å². The minimum atomic E-state index is -0.447. The summed E-state index contributed by atoms with van der Waals surface area (Å²) >= 11 is 6.71. The van der Waals surface area contributed by atoms with Crippen LogP contribution < -0.4 is 10.6 Å². The van der Waals surface area contributed by atoms with Crippen LogP contribution in [0.15, 0.2) is 85.1 Å². The Hall–Kier alpha value is -4.77. The van der Waals surface area contributed by atoms with Crippen LogP contribution in [0.1, 0.15) is 62.7 Å². The van der Waals surface area contributed by atoms with E-state index in [9.17, 15) is 9.59 Å². The minimum absolute atomic E-state index is 0.0963. The summed E-state index contributed by atoms with van der Waals surface area (Å²) in [6.45, 7) is 4.32. The first-order valence-electron chi connectivity index (χ1n) is 14.1. The van der Waals surface area contributed by atoms with Crippen LogP contribution in [-0.2, 0) is 6.54 Å². The number of pyridine rings is 1. The molecule has 4 aromatic rings. The van der Waals surface area contributed by atoms with Crippen LogP contribution in [0.4, 0.5) is 11.5 Å². The highest BCUT2D eigenvalue weighted by atomic mass is 35.5. The van der Waals surface area contributed by atoms with Gasteiger partial charge in [0.15, 0.2) is 5.78 Å². The zero-order chi connectivity index (χ0) is 30.3. The topological polar surface area (TPSA) is 98.2 Å². The number of ketones is 1. The highest BCUT2D eigenvalue weighted by Crippen LogP contribution is 2.29. The number of hydrogen-bond donors (Lipinski definition) is 3. The second kappa shape index (κ2) is 13.5. The summed E-state index contributed by atoms with van der Waals surface area (Å²) in [5, 5.41) is 14.8. The van der Waals surface area contributed by atoms with Crippen LogP contribution >= 0.6 is 11.6 Å². The van der Waals surface area contributed by atoms with Gasteiger partial charge in [0, 0.05) is 60.0 Å².